The summed E-state index contributed by atoms with van der Waals surface area (Å²) in [6.45, 7) is 6.72. The molecule has 0 N–H and O–H groups in total. The highest BCUT2D eigenvalue weighted by Gasteiger charge is 2.22. The van der Waals surface area contributed by atoms with Crippen molar-refractivity contribution in [2.75, 3.05) is 7.05 Å². The van der Waals surface area contributed by atoms with Gasteiger partial charge in [-0.1, -0.05) is 6.92 Å². The van der Waals surface area contributed by atoms with Crippen LogP contribution < -0.4 is 0 Å². The van der Waals surface area contributed by atoms with Gasteiger partial charge in [-0.05, 0) is 26.3 Å². The standard InChI is InChI=1S/C15H21N5O/c1-5-8-20-9-13(11(2)18-20)15(21)19(4)12(3)14-6-7-16-10-17-14/h6-7,9-10,12H,5,8H2,1-4H3/t12-/m0/s1. The molecular weight excluding hydrogens is 266 g/mol. The third kappa shape index (κ3) is 3.26. The molecule has 21 heavy (non-hydrogen) atoms. The first-order chi connectivity index (χ1) is 10.0. The first-order valence-electron chi connectivity index (χ1n) is 7.11. The Morgan fingerprint density at radius 2 is 2.24 bits per heavy atom. The van der Waals surface area contributed by atoms with Gasteiger partial charge in [-0.3, -0.25) is 9.48 Å². The van der Waals surface area contributed by atoms with Crippen molar-refractivity contribution >= 4 is 5.91 Å². The number of rotatable bonds is 5. The van der Waals surface area contributed by atoms with Crippen molar-refractivity contribution in [3.8, 4) is 0 Å². The number of carbonyl (C=O) groups is 1. The van der Waals surface area contributed by atoms with E-state index in [9.17, 15) is 4.79 Å². The smallest absolute Gasteiger partial charge is 0.257 e. The summed E-state index contributed by atoms with van der Waals surface area (Å²) in [6, 6.07) is 1.70. The summed E-state index contributed by atoms with van der Waals surface area (Å²) < 4.78 is 1.83. The van der Waals surface area contributed by atoms with E-state index in [-0.39, 0.29) is 11.9 Å². The van der Waals surface area contributed by atoms with E-state index in [2.05, 4.69) is 22.0 Å². The van der Waals surface area contributed by atoms with Crippen molar-refractivity contribution in [1.29, 1.82) is 0 Å². The molecule has 0 aliphatic carbocycles. The lowest BCUT2D eigenvalue weighted by atomic mass is 10.1. The highest BCUT2D eigenvalue weighted by Crippen LogP contribution is 2.19. The summed E-state index contributed by atoms with van der Waals surface area (Å²) in [6.07, 6.45) is 5.99. The van der Waals surface area contributed by atoms with Gasteiger partial charge in [-0.15, -0.1) is 0 Å². The van der Waals surface area contributed by atoms with Crippen LogP contribution in [0.1, 0.15) is 48.1 Å². The molecular formula is C15H21N5O. The number of aryl methyl sites for hydroxylation is 2. The summed E-state index contributed by atoms with van der Waals surface area (Å²) in [4.78, 5) is 22.4. The van der Waals surface area contributed by atoms with Gasteiger partial charge in [-0.25, -0.2) is 9.97 Å². The Kier molecular flexibility index (Phi) is 4.67. The highest BCUT2D eigenvalue weighted by atomic mass is 16.2. The van der Waals surface area contributed by atoms with E-state index in [4.69, 9.17) is 0 Å². The fraction of sp³-hybridized carbons (Fsp3) is 0.467. The van der Waals surface area contributed by atoms with E-state index in [1.807, 2.05) is 30.8 Å². The molecule has 0 spiro atoms. The van der Waals surface area contributed by atoms with Crippen LogP contribution in [0.4, 0.5) is 0 Å². The maximum absolute atomic E-state index is 12.6. The van der Waals surface area contributed by atoms with Crippen LogP contribution in [-0.2, 0) is 6.54 Å². The van der Waals surface area contributed by atoms with E-state index in [0.29, 0.717) is 5.56 Å². The molecule has 112 valence electrons. The fourth-order valence-electron chi connectivity index (χ4n) is 2.18. The zero-order valence-corrected chi connectivity index (χ0v) is 12.9. The molecule has 0 saturated heterocycles. The summed E-state index contributed by atoms with van der Waals surface area (Å²) in [5.41, 5.74) is 2.22. The van der Waals surface area contributed by atoms with Gasteiger partial charge in [0.15, 0.2) is 0 Å². The topological polar surface area (TPSA) is 63.9 Å². The third-order valence-electron chi connectivity index (χ3n) is 3.56. The number of hydrogen-bond donors (Lipinski definition) is 0. The molecule has 0 bridgehead atoms. The molecule has 0 unspecified atom stereocenters. The summed E-state index contributed by atoms with van der Waals surface area (Å²) in [7, 11) is 1.78. The molecule has 0 aliphatic heterocycles. The second-order valence-corrected chi connectivity index (χ2v) is 5.12. The normalized spacial score (nSPS) is 12.2. The van der Waals surface area contributed by atoms with Crippen molar-refractivity contribution in [3.63, 3.8) is 0 Å². The summed E-state index contributed by atoms with van der Waals surface area (Å²) in [5.74, 6) is -0.0408. The Morgan fingerprint density at radius 1 is 1.48 bits per heavy atom. The van der Waals surface area contributed by atoms with Crippen molar-refractivity contribution in [3.05, 3.63) is 41.7 Å². The Labute approximate surface area is 124 Å². The van der Waals surface area contributed by atoms with E-state index in [1.165, 1.54) is 6.33 Å². The second kappa shape index (κ2) is 6.47. The van der Waals surface area contributed by atoms with Crippen LogP contribution in [0.3, 0.4) is 0 Å². The average molecular weight is 287 g/mol. The molecule has 0 radical (unpaired) electrons. The van der Waals surface area contributed by atoms with Gasteiger partial charge in [0, 0.05) is 26.0 Å². The quantitative estimate of drug-likeness (QED) is 0.846. The highest BCUT2D eigenvalue weighted by molar-refractivity contribution is 5.95. The molecule has 0 aromatic carbocycles. The first-order valence-corrected chi connectivity index (χ1v) is 7.11. The number of nitrogens with zero attached hydrogens (tertiary/aromatic N) is 5. The second-order valence-electron chi connectivity index (χ2n) is 5.12. The Morgan fingerprint density at radius 3 is 2.86 bits per heavy atom. The summed E-state index contributed by atoms with van der Waals surface area (Å²) >= 11 is 0. The molecule has 6 heteroatoms. The van der Waals surface area contributed by atoms with Crippen LogP contribution in [0.15, 0.2) is 24.8 Å². The molecule has 1 atom stereocenters. The summed E-state index contributed by atoms with van der Waals surface area (Å²) in [5, 5.41) is 4.38. The van der Waals surface area contributed by atoms with E-state index in [1.54, 1.807) is 18.1 Å². The van der Waals surface area contributed by atoms with Crippen LogP contribution in [0.5, 0.6) is 0 Å². The zero-order valence-electron chi connectivity index (χ0n) is 12.9. The van der Waals surface area contributed by atoms with Gasteiger partial charge < -0.3 is 4.90 Å². The monoisotopic (exact) mass is 287 g/mol. The predicted molar refractivity (Wildman–Crippen MR) is 79.8 cm³/mol. The van der Waals surface area contributed by atoms with Gasteiger partial charge >= 0.3 is 0 Å². The van der Waals surface area contributed by atoms with Gasteiger partial charge in [0.25, 0.3) is 5.91 Å². The molecule has 0 saturated carbocycles. The number of aromatic nitrogens is 4. The van der Waals surface area contributed by atoms with Gasteiger partial charge in [0.2, 0.25) is 0 Å². The number of carbonyl (C=O) groups excluding carboxylic acids is 1. The lowest BCUT2D eigenvalue weighted by Crippen LogP contribution is -2.30. The largest absolute Gasteiger partial charge is 0.333 e. The van der Waals surface area contributed by atoms with Crippen LogP contribution >= 0.6 is 0 Å². The van der Waals surface area contributed by atoms with Crippen LogP contribution in [0, 0.1) is 6.92 Å². The van der Waals surface area contributed by atoms with Crippen LogP contribution in [0.25, 0.3) is 0 Å². The molecule has 2 aromatic heterocycles. The minimum absolute atomic E-state index is 0.0408. The maximum atomic E-state index is 12.6. The molecule has 1 amide bonds. The first kappa shape index (κ1) is 15.2. The van der Waals surface area contributed by atoms with Crippen LogP contribution in [0.2, 0.25) is 0 Å². The molecule has 2 rings (SSSR count). The van der Waals surface area contributed by atoms with E-state index >= 15 is 0 Å². The van der Waals surface area contributed by atoms with Crippen molar-refractivity contribution < 1.29 is 4.79 Å². The maximum Gasteiger partial charge on any atom is 0.257 e. The van der Waals surface area contributed by atoms with Crippen molar-refractivity contribution in [2.24, 2.45) is 0 Å². The minimum Gasteiger partial charge on any atom is -0.333 e. The Bertz CT molecular complexity index is 608. The predicted octanol–water partition coefficient (Wildman–Crippen LogP) is 2.22. The van der Waals surface area contributed by atoms with Gasteiger partial charge in [0.1, 0.15) is 6.33 Å². The Hall–Kier alpha value is -2.24. The lowest BCUT2D eigenvalue weighted by molar-refractivity contribution is 0.0739. The van der Waals surface area contributed by atoms with E-state index < -0.39 is 0 Å². The van der Waals surface area contributed by atoms with Gasteiger partial charge in [-0.2, -0.15) is 5.10 Å². The molecule has 0 aliphatic rings. The minimum atomic E-state index is -0.116. The van der Waals surface area contributed by atoms with Crippen LogP contribution in [-0.4, -0.2) is 37.6 Å². The number of amides is 1. The van der Waals surface area contributed by atoms with Gasteiger partial charge in [0.05, 0.1) is 23.0 Å². The van der Waals surface area contributed by atoms with Crippen molar-refractivity contribution in [2.45, 2.75) is 39.8 Å². The molecule has 0 fully saturated rings. The van der Waals surface area contributed by atoms with E-state index in [0.717, 1.165) is 24.4 Å². The Balaban J connectivity index is 2.19. The SMILES string of the molecule is CCCn1cc(C(=O)N(C)[C@@H](C)c2ccncn2)c(C)n1. The lowest BCUT2D eigenvalue weighted by Gasteiger charge is -2.24. The van der Waals surface area contributed by atoms with Crippen molar-refractivity contribution in [1.82, 2.24) is 24.6 Å². The average Bonchev–Trinajstić information content (AvgIpc) is 2.87. The zero-order chi connectivity index (χ0) is 15.4. The number of hydrogen-bond acceptors (Lipinski definition) is 4. The molecule has 2 heterocycles. The third-order valence-corrected chi connectivity index (χ3v) is 3.56. The fourth-order valence-corrected chi connectivity index (χ4v) is 2.18. The molecule has 2 aromatic rings. The molecule has 6 nitrogen and oxygen atoms in total.